The van der Waals surface area contributed by atoms with Gasteiger partial charge in [0, 0.05) is 5.02 Å². The van der Waals surface area contributed by atoms with E-state index in [2.05, 4.69) is 56.3 Å². The molecule has 1 saturated heterocycles. The summed E-state index contributed by atoms with van der Waals surface area (Å²) in [7, 11) is 0. The van der Waals surface area contributed by atoms with Crippen molar-refractivity contribution in [1.82, 2.24) is 0 Å². The van der Waals surface area contributed by atoms with Crippen LogP contribution >= 0.6 is 11.6 Å². The van der Waals surface area contributed by atoms with Gasteiger partial charge in [0.2, 0.25) is 0 Å². The highest BCUT2D eigenvalue weighted by molar-refractivity contribution is 6.30. The molecule has 1 heterocycles. The second-order valence-electron chi connectivity index (χ2n) is 6.54. The van der Waals surface area contributed by atoms with Gasteiger partial charge in [-0.25, -0.2) is 0 Å². The lowest BCUT2D eigenvalue weighted by atomic mass is 9.81. The van der Waals surface area contributed by atoms with Crippen molar-refractivity contribution < 1.29 is 4.74 Å². The number of hydrogen-bond donors (Lipinski definition) is 0. The van der Waals surface area contributed by atoms with Crippen LogP contribution in [0.25, 0.3) is 0 Å². The molecular formula is C20H23ClO. The number of halogens is 1. The van der Waals surface area contributed by atoms with E-state index in [-0.39, 0.29) is 6.10 Å². The van der Waals surface area contributed by atoms with E-state index in [4.69, 9.17) is 16.3 Å². The Balaban J connectivity index is 1.85. The van der Waals surface area contributed by atoms with Crippen molar-refractivity contribution in [3.63, 3.8) is 0 Å². The minimum absolute atomic E-state index is 0.156. The summed E-state index contributed by atoms with van der Waals surface area (Å²) in [5.74, 6) is 1.09. The average molecular weight is 315 g/mol. The van der Waals surface area contributed by atoms with Crippen LogP contribution in [0.2, 0.25) is 5.02 Å². The first kappa shape index (κ1) is 15.6. The zero-order valence-electron chi connectivity index (χ0n) is 13.2. The molecule has 3 rings (SSSR count). The molecule has 2 heteroatoms. The molecule has 1 fully saturated rings. The first-order valence-corrected chi connectivity index (χ1v) is 8.47. The molecule has 116 valence electrons. The van der Waals surface area contributed by atoms with E-state index in [0.717, 1.165) is 17.9 Å². The van der Waals surface area contributed by atoms with Gasteiger partial charge in [-0.05, 0) is 47.9 Å². The SMILES string of the molecule is CC(C)[C@H]1C[C@@H](c2ccccc2)C[C@@H](c2ccc(Cl)cc2)O1. The molecule has 0 N–H and O–H groups in total. The molecule has 0 unspecified atom stereocenters. The minimum atomic E-state index is 0.156. The maximum Gasteiger partial charge on any atom is 0.0834 e. The Morgan fingerprint density at radius 2 is 1.59 bits per heavy atom. The molecular weight excluding hydrogens is 292 g/mol. The summed E-state index contributed by atoms with van der Waals surface area (Å²) in [6, 6.07) is 18.9. The van der Waals surface area contributed by atoms with Gasteiger partial charge in [-0.2, -0.15) is 0 Å². The molecule has 0 aromatic heterocycles. The van der Waals surface area contributed by atoms with Crippen LogP contribution in [-0.4, -0.2) is 6.10 Å². The predicted octanol–water partition coefficient (Wildman–Crippen LogP) is 6.00. The van der Waals surface area contributed by atoms with Crippen molar-refractivity contribution in [1.29, 1.82) is 0 Å². The quantitative estimate of drug-likeness (QED) is 0.675. The van der Waals surface area contributed by atoms with Crippen LogP contribution in [0, 0.1) is 5.92 Å². The van der Waals surface area contributed by atoms with Crippen LogP contribution in [-0.2, 0) is 4.74 Å². The summed E-state index contributed by atoms with van der Waals surface area (Å²) in [6.07, 6.45) is 2.60. The van der Waals surface area contributed by atoms with Crippen molar-refractivity contribution in [3.05, 3.63) is 70.7 Å². The van der Waals surface area contributed by atoms with E-state index in [1.165, 1.54) is 11.1 Å². The molecule has 0 amide bonds. The number of ether oxygens (including phenoxy) is 1. The Labute approximate surface area is 138 Å². The topological polar surface area (TPSA) is 9.23 Å². The van der Waals surface area contributed by atoms with Crippen molar-refractivity contribution in [2.45, 2.75) is 44.8 Å². The highest BCUT2D eigenvalue weighted by atomic mass is 35.5. The fourth-order valence-electron chi connectivity index (χ4n) is 3.28. The van der Waals surface area contributed by atoms with Crippen LogP contribution in [0.3, 0.4) is 0 Å². The van der Waals surface area contributed by atoms with Gasteiger partial charge in [0.1, 0.15) is 0 Å². The molecule has 0 saturated carbocycles. The third-order valence-corrected chi connectivity index (χ3v) is 4.86. The van der Waals surface area contributed by atoms with Crippen LogP contribution in [0.15, 0.2) is 54.6 Å². The van der Waals surface area contributed by atoms with Gasteiger partial charge < -0.3 is 4.74 Å². The molecule has 2 aromatic carbocycles. The highest BCUT2D eigenvalue weighted by Crippen LogP contribution is 2.42. The van der Waals surface area contributed by atoms with Gasteiger partial charge in [0.05, 0.1) is 12.2 Å². The third kappa shape index (κ3) is 3.53. The lowest BCUT2D eigenvalue weighted by Gasteiger charge is -2.38. The first-order chi connectivity index (χ1) is 10.6. The van der Waals surface area contributed by atoms with E-state index in [0.29, 0.717) is 17.9 Å². The Morgan fingerprint density at radius 3 is 2.23 bits per heavy atom. The molecule has 3 atom stereocenters. The van der Waals surface area contributed by atoms with Crippen LogP contribution in [0.4, 0.5) is 0 Å². The molecule has 1 aliphatic rings. The van der Waals surface area contributed by atoms with Gasteiger partial charge in [-0.15, -0.1) is 0 Å². The van der Waals surface area contributed by atoms with Gasteiger partial charge >= 0.3 is 0 Å². The molecule has 1 nitrogen and oxygen atoms in total. The summed E-state index contributed by atoms with van der Waals surface area (Å²) in [6.45, 7) is 4.49. The van der Waals surface area contributed by atoms with E-state index in [1.807, 2.05) is 12.1 Å². The minimum Gasteiger partial charge on any atom is -0.370 e. The van der Waals surface area contributed by atoms with Crippen LogP contribution in [0.1, 0.15) is 49.8 Å². The molecule has 22 heavy (non-hydrogen) atoms. The average Bonchev–Trinajstić information content (AvgIpc) is 2.56. The summed E-state index contributed by atoms with van der Waals surface area (Å²) in [5.41, 5.74) is 2.66. The lowest BCUT2D eigenvalue weighted by molar-refractivity contribution is -0.0804. The first-order valence-electron chi connectivity index (χ1n) is 8.09. The maximum atomic E-state index is 6.38. The number of hydrogen-bond acceptors (Lipinski definition) is 1. The molecule has 0 radical (unpaired) electrons. The van der Waals surface area contributed by atoms with Gasteiger partial charge in [-0.1, -0.05) is 67.9 Å². The van der Waals surface area contributed by atoms with Crippen molar-refractivity contribution in [2.75, 3.05) is 0 Å². The van der Waals surface area contributed by atoms with E-state index in [9.17, 15) is 0 Å². The molecule has 2 aromatic rings. The Bertz CT molecular complexity index is 591. The second-order valence-corrected chi connectivity index (χ2v) is 6.97. The normalized spacial score (nSPS) is 25.4. The summed E-state index contributed by atoms with van der Waals surface area (Å²) >= 11 is 6.01. The van der Waals surface area contributed by atoms with E-state index < -0.39 is 0 Å². The van der Waals surface area contributed by atoms with E-state index >= 15 is 0 Å². The Kier molecular flexibility index (Phi) is 4.85. The lowest BCUT2D eigenvalue weighted by Crippen LogP contribution is -2.31. The Morgan fingerprint density at radius 1 is 0.909 bits per heavy atom. The zero-order chi connectivity index (χ0) is 15.5. The van der Waals surface area contributed by atoms with Crippen molar-refractivity contribution >= 4 is 11.6 Å². The van der Waals surface area contributed by atoms with Crippen LogP contribution in [0.5, 0.6) is 0 Å². The van der Waals surface area contributed by atoms with Crippen molar-refractivity contribution in [3.8, 4) is 0 Å². The molecule has 0 bridgehead atoms. The fraction of sp³-hybridized carbons (Fsp3) is 0.400. The molecule has 1 aliphatic heterocycles. The largest absolute Gasteiger partial charge is 0.370 e. The van der Waals surface area contributed by atoms with Gasteiger partial charge in [-0.3, -0.25) is 0 Å². The maximum absolute atomic E-state index is 6.38. The smallest absolute Gasteiger partial charge is 0.0834 e. The monoisotopic (exact) mass is 314 g/mol. The Hall–Kier alpha value is -1.31. The summed E-state index contributed by atoms with van der Waals surface area (Å²) in [5, 5.41) is 0.777. The summed E-state index contributed by atoms with van der Waals surface area (Å²) in [4.78, 5) is 0. The zero-order valence-corrected chi connectivity index (χ0v) is 14.0. The van der Waals surface area contributed by atoms with E-state index in [1.54, 1.807) is 0 Å². The van der Waals surface area contributed by atoms with Crippen LogP contribution < -0.4 is 0 Å². The molecule has 0 aliphatic carbocycles. The fourth-order valence-corrected chi connectivity index (χ4v) is 3.40. The number of rotatable bonds is 3. The number of benzene rings is 2. The van der Waals surface area contributed by atoms with Gasteiger partial charge in [0.15, 0.2) is 0 Å². The third-order valence-electron chi connectivity index (χ3n) is 4.61. The predicted molar refractivity (Wildman–Crippen MR) is 92.3 cm³/mol. The second kappa shape index (κ2) is 6.85. The highest BCUT2D eigenvalue weighted by Gasteiger charge is 2.32. The molecule has 0 spiro atoms. The van der Waals surface area contributed by atoms with Gasteiger partial charge in [0.25, 0.3) is 0 Å². The standard InChI is InChI=1S/C20H23ClO/c1-14(2)19-12-17(15-6-4-3-5-7-15)13-20(22-19)16-8-10-18(21)11-9-16/h3-11,14,17,19-20H,12-13H2,1-2H3/t17-,19-,20+/m1/s1. The summed E-state index contributed by atoms with van der Waals surface area (Å²) < 4.78 is 6.38. The van der Waals surface area contributed by atoms with Crippen molar-refractivity contribution in [2.24, 2.45) is 5.92 Å².